The number of thiophene rings is 1. The molecule has 118 valence electrons. The number of amides is 1. The number of carbonyl (C=O) groups excluding carboxylic acids is 1. The minimum atomic E-state index is -0.0286. The highest BCUT2D eigenvalue weighted by Crippen LogP contribution is 2.23. The quantitative estimate of drug-likeness (QED) is 0.793. The summed E-state index contributed by atoms with van der Waals surface area (Å²) in [5.41, 5.74) is 1.47. The number of hydrogen-bond acceptors (Lipinski definition) is 4. The summed E-state index contributed by atoms with van der Waals surface area (Å²) >= 11 is 1.60. The van der Waals surface area contributed by atoms with Gasteiger partial charge in [-0.25, -0.2) is 4.99 Å². The number of benzene rings is 1. The van der Waals surface area contributed by atoms with Crippen molar-refractivity contribution in [3.05, 3.63) is 64.0 Å². The lowest BCUT2D eigenvalue weighted by Crippen LogP contribution is -2.38. The zero-order valence-corrected chi connectivity index (χ0v) is 14.1. The highest BCUT2D eigenvalue weighted by molar-refractivity contribution is 7.10. The molecule has 1 amide bonds. The van der Waals surface area contributed by atoms with Crippen molar-refractivity contribution in [1.29, 1.82) is 0 Å². The lowest BCUT2D eigenvalue weighted by molar-refractivity contribution is -0.122. The van der Waals surface area contributed by atoms with Gasteiger partial charge in [0.05, 0.1) is 0 Å². The van der Waals surface area contributed by atoms with E-state index in [1.807, 2.05) is 68.0 Å². The molecule has 2 aromatic rings. The van der Waals surface area contributed by atoms with Gasteiger partial charge in [-0.2, -0.15) is 0 Å². The fourth-order valence-corrected chi connectivity index (χ4v) is 3.03. The maximum absolute atomic E-state index is 12.8. The Kier molecular flexibility index (Phi) is 4.69. The van der Waals surface area contributed by atoms with Crippen LogP contribution in [0.3, 0.4) is 0 Å². The fourth-order valence-electron chi connectivity index (χ4n) is 2.37. The Hall–Kier alpha value is -2.24. The molecule has 1 aromatic heterocycles. The van der Waals surface area contributed by atoms with E-state index in [0.29, 0.717) is 12.2 Å². The largest absolute Gasteiger partial charge is 0.308 e. The lowest BCUT2D eigenvalue weighted by Gasteiger charge is -2.20. The molecule has 5 heteroatoms. The summed E-state index contributed by atoms with van der Waals surface area (Å²) < 4.78 is 0. The summed E-state index contributed by atoms with van der Waals surface area (Å²) in [5, 5.41) is 2.00. The van der Waals surface area contributed by atoms with E-state index >= 15 is 0 Å². The average molecular weight is 325 g/mol. The van der Waals surface area contributed by atoms with Crippen molar-refractivity contribution in [3.63, 3.8) is 0 Å². The molecule has 4 nitrogen and oxygen atoms in total. The Morgan fingerprint density at radius 3 is 2.61 bits per heavy atom. The molecule has 0 fully saturated rings. The Bertz CT molecular complexity index is 733. The van der Waals surface area contributed by atoms with Crippen LogP contribution in [0.4, 0.5) is 0 Å². The Balaban J connectivity index is 1.95. The number of likely N-dealkylation sites (N-methyl/N-ethyl adjacent to an activating group) is 1. The van der Waals surface area contributed by atoms with Crippen LogP contribution in [0.2, 0.25) is 0 Å². The standard InChI is InChI=1S/C18H19N3OS/c1-20(2)10-11-21-17(14-7-4-3-5-8-14)19-16(18(21)22)13-15-9-6-12-23-15/h3-9,12-13H,10-11H2,1-2H3/b16-13-. The van der Waals surface area contributed by atoms with Gasteiger partial charge in [-0.1, -0.05) is 36.4 Å². The number of hydrogen-bond donors (Lipinski definition) is 0. The van der Waals surface area contributed by atoms with E-state index in [-0.39, 0.29) is 5.91 Å². The zero-order chi connectivity index (χ0) is 16.2. The van der Waals surface area contributed by atoms with Gasteiger partial charge >= 0.3 is 0 Å². The van der Waals surface area contributed by atoms with Crippen LogP contribution in [-0.2, 0) is 4.79 Å². The van der Waals surface area contributed by atoms with Crippen molar-refractivity contribution in [1.82, 2.24) is 9.80 Å². The lowest BCUT2D eigenvalue weighted by atomic mass is 10.2. The molecule has 23 heavy (non-hydrogen) atoms. The maximum atomic E-state index is 12.8. The minimum absolute atomic E-state index is 0.0286. The minimum Gasteiger partial charge on any atom is -0.308 e. The maximum Gasteiger partial charge on any atom is 0.278 e. The SMILES string of the molecule is CN(C)CCN1C(=O)/C(=C/c2cccs2)N=C1c1ccccc1. The predicted octanol–water partition coefficient (Wildman–Crippen LogP) is 2.94. The van der Waals surface area contributed by atoms with Gasteiger partial charge < -0.3 is 4.90 Å². The molecular weight excluding hydrogens is 306 g/mol. The second-order valence-corrected chi connectivity index (χ2v) is 6.59. The molecule has 0 bridgehead atoms. The Morgan fingerprint density at radius 2 is 1.96 bits per heavy atom. The van der Waals surface area contributed by atoms with E-state index in [9.17, 15) is 4.79 Å². The van der Waals surface area contributed by atoms with Crippen LogP contribution in [0, 0.1) is 0 Å². The van der Waals surface area contributed by atoms with Gasteiger partial charge in [-0.15, -0.1) is 11.3 Å². The molecule has 0 unspecified atom stereocenters. The van der Waals surface area contributed by atoms with Gasteiger partial charge in [0.25, 0.3) is 5.91 Å². The first-order valence-corrected chi connectivity index (χ1v) is 8.39. The van der Waals surface area contributed by atoms with Crippen LogP contribution in [0.5, 0.6) is 0 Å². The second kappa shape index (κ2) is 6.89. The third-order valence-electron chi connectivity index (χ3n) is 3.57. The first kappa shape index (κ1) is 15.6. The van der Waals surface area contributed by atoms with Crippen molar-refractivity contribution in [3.8, 4) is 0 Å². The molecule has 1 aromatic carbocycles. The Labute approximate surface area is 140 Å². The summed E-state index contributed by atoms with van der Waals surface area (Å²) in [6.07, 6.45) is 1.87. The molecule has 3 rings (SSSR count). The predicted molar refractivity (Wildman–Crippen MR) is 95.5 cm³/mol. The molecule has 0 atom stereocenters. The number of amidine groups is 1. The third-order valence-corrected chi connectivity index (χ3v) is 4.39. The molecule has 0 radical (unpaired) electrons. The summed E-state index contributed by atoms with van der Waals surface area (Å²) in [6.45, 7) is 1.42. The highest BCUT2D eigenvalue weighted by Gasteiger charge is 2.30. The van der Waals surface area contributed by atoms with Gasteiger partial charge in [0.15, 0.2) is 0 Å². The van der Waals surface area contributed by atoms with Gasteiger partial charge in [-0.05, 0) is 31.6 Å². The fraction of sp³-hybridized carbons (Fsp3) is 0.222. The van der Waals surface area contributed by atoms with E-state index in [1.165, 1.54) is 0 Å². The van der Waals surface area contributed by atoms with Crippen LogP contribution in [0.25, 0.3) is 6.08 Å². The average Bonchev–Trinajstić information content (AvgIpc) is 3.16. The smallest absolute Gasteiger partial charge is 0.278 e. The van der Waals surface area contributed by atoms with E-state index in [1.54, 1.807) is 16.2 Å². The zero-order valence-electron chi connectivity index (χ0n) is 13.3. The first-order valence-electron chi connectivity index (χ1n) is 7.51. The van der Waals surface area contributed by atoms with Gasteiger partial charge in [0.2, 0.25) is 0 Å². The van der Waals surface area contributed by atoms with E-state index in [2.05, 4.69) is 9.89 Å². The van der Waals surface area contributed by atoms with Gasteiger partial charge in [0, 0.05) is 23.5 Å². The summed E-state index contributed by atoms with van der Waals surface area (Å²) in [6, 6.07) is 13.8. The van der Waals surface area contributed by atoms with Crippen LogP contribution >= 0.6 is 11.3 Å². The number of aliphatic imine (C=N–C) groups is 1. The number of rotatable bonds is 5. The van der Waals surface area contributed by atoms with Crippen LogP contribution < -0.4 is 0 Å². The molecular formula is C18H19N3OS. The first-order chi connectivity index (χ1) is 11.1. The van der Waals surface area contributed by atoms with Crippen LogP contribution in [0.1, 0.15) is 10.4 Å². The monoisotopic (exact) mass is 325 g/mol. The molecule has 0 saturated carbocycles. The van der Waals surface area contributed by atoms with E-state index < -0.39 is 0 Å². The van der Waals surface area contributed by atoms with E-state index in [4.69, 9.17) is 0 Å². The van der Waals surface area contributed by atoms with Crippen LogP contribution in [-0.4, -0.2) is 48.7 Å². The molecule has 2 heterocycles. The number of carbonyl (C=O) groups is 1. The summed E-state index contributed by atoms with van der Waals surface area (Å²) in [4.78, 5) is 22.3. The topological polar surface area (TPSA) is 35.9 Å². The van der Waals surface area contributed by atoms with Crippen molar-refractivity contribution < 1.29 is 4.79 Å². The van der Waals surface area contributed by atoms with E-state index in [0.717, 1.165) is 22.8 Å². The van der Waals surface area contributed by atoms with Crippen molar-refractivity contribution in [2.24, 2.45) is 4.99 Å². The number of nitrogens with zero attached hydrogens (tertiary/aromatic N) is 3. The molecule has 0 aliphatic carbocycles. The highest BCUT2D eigenvalue weighted by atomic mass is 32.1. The van der Waals surface area contributed by atoms with Crippen molar-refractivity contribution >= 4 is 29.2 Å². The van der Waals surface area contributed by atoms with Crippen molar-refractivity contribution in [2.75, 3.05) is 27.2 Å². The summed E-state index contributed by atoms with van der Waals surface area (Å²) in [7, 11) is 4.00. The van der Waals surface area contributed by atoms with Gasteiger partial charge in [-0.3, -0.25) is 9.69 Å². The van der Waals surface area contributed by atoms with Crippen LogP contribution in [0.15, 0.2) is 58.5 Å². The normalized spacial score (nSPS) is 16.5. The Morgan fingerprint density at radius 1 is 1.17 bits per heavy atom. The van der Waals surface area contributed by atoms with Gasteiger partial charge in [0.1, 0.15) is 11.5 Å². The molecule has 1 aliphatic rings. The second-order valence-electron chi connectivity index (χ2n) is 5.61. The molecule has 0 N–H and O–H groups in total. The molecule has 0 spiro atoms. The molecule has 0 saturated heterocycles. The van der Waals surface area contributed by atoms with Crippen molar-refractivity contribution in [2.45, 2.75) is 0 Å². The third kappa shape index (κ3) is 3.57. The molecule has 1 aliphatic heterocycles. The summed E-state index contributed by atoms with van der Waals surface area (Å²) in [5.74, 6) is 0.708.